The van der Waals surface area contributed by atoms with Crippen molar-refractivity contribution in [1.82, 2.24) is 9.97 Å². The van der Waals surface area contributed by atoms with Crippen LogP contribution in [0.4, 0.5) is 5.82 Å². The van der Waals surface area contributed by atoms with Crippen LogP contribution in [0.15, 0.2) is 18.6 Å². The Balaban J connectivity index is 2.28. The third-order valence-corrected chi connectivity index (χ3v) is 8.00. The largest absolute Gasteiger partial charge is 0.415 e. The van der Waals surface area contributed by atoms with E-state index in [4.69, 9.17) is 4.43 Å². The molecular weight excluding hydrogens is 230 g/mol. The van der Waals surface area contributed by atoms with E-state index in [-0.39, 0.29) is 0 Å². The number of rotatable bonds is 8. The van der Waals surface area contributed by atoms with Crippen LogP contribution >= 0.6 is 0 Å². The molecule has 0 spiro atoms. The summed E-state index contributed by atoms with van der Waals surface area (Å²) in [6.45, 7) is 8.30. The second-order valence-electron chi connectivity index (χ2n) is 4.11. The standard InChI is InChI=1S/C12H23N3OSi/c1-4-17(5-2,6-3)16-10-9-15-12-11-13-7-8-14-12/h7-8,11H,4-6,9-10H2,1-3H3,(H,14,15). The van der Waals surface area contributed by atoms with Crippen LogP contribution in [0.25, 0.3) is 0 Å². The average Bonchev–Trinajstić information content (AvgIpc) is 2.41. The summed E-state index contributed by atoms with van der Waals surface area (Å²) in [4.78, 5) is 8.16. The van der Waals surface area contributed by atoms with Gasteiger partial charge in [0.2, 0.25) is 0 Å². The lowest BCUT2D eigenvalue weighted by Crippen LogP contribution is -2.37. The lowest BCUT2D eigenvalue weighted by molar-refractivity contribution is 0.314. The summed E-state index contributed by atoms with van der Waals surface area (Å²) in [5, 5.41) is 3.21. The molecule has 0 fully saturated rings. The zero-order chi connectivity index (χ0) is 12.6. The molecule has 1 rings (SSSR count). The molecule has 0 atom stereocenters. The fourth-order valence-electron chi connectivity index (χ4n) is 1.89. The van der Waals surface area contributed by atoms with Gasteiger partial charge in [-0.15, -0.1) is 0 Å². The molecule has 0 radical (unpaired) electrons. The molecule has 0 saturated heterocycles. The van der Waals surface area contributed by atoms with Crippen LogP contribution in [0.2, 0.25) is 18.1 Å². The van der Waals surface area contributed by atoms with Crippen LogP contribution in [-0.4, -0.2) is 31.4 Å². The van der Waals surface area contributed by atoms with Crippen LogP contribution in [0.1, 0.15) is 20.8 Å². The lowest BCUT2D eigenvalue weighted by Gasteiger charge is -2.27. The molecule has 0 saturated carbocycles. The molecule has 4 nitrogen and oxygen atoms in total. The molecule has 0 aliphatic carbocycles. The quantitative estimate of drug-likeness (QED) is 0.571. The summed E-state index contributed by atoms with van der Waals surface area (Å²) in [5.41, 5.74) is 0. The molecule has 1 heterocycles. The summed E-state index contributed by atoms with van der Waals surface area (Å²) in [6.07, 6.45) is 5.08. The monoisotopic (exact) mass is 253 g/mol. The highest BCUT2D eigenvalue weighted by Crippen LogP contribution is 2.21. The van der Waals surface area contributed by atoms with Crippen molar-refractivity contribution in [3.8, 4) is 0 Å². The van der Waals surface area contributed by atoms with E-state index in [2.05, 4.69) is 36.1 Å². The topological polar surface area (TPSA) is 47.0 Å². The fourth-order valence-corrected chi connectivity index (χ4v) is 4.54. The summed E-state index contributed by atoms with van der Waals surface area (Å²) in [6, 6.07) is 3.60. The highest BCUT2D eigenvalue weighted by molar-refractivity contribution is 6.73. The van der Waals surface area contributed by atoms with Crippen molar-refractivity contribution in [3.05, 3.63) is 18.6 Å². The Morgan fingerprint density at radius 1 is 1.18 bits per heavy atom. The number of aromatic nitrogens is 2. The van der Waals surface area contributed by atoms with E-state index >= 15 is 0 Å². The Kier molecular flexibility index (Phi) is 6.14. The zero-order valence-corrected chi connectivity index (χ0v) is 12.1. The van der Waals surface area contributed by atoms with Crippen LogP contribution < -0.4 is 5.32 Å². The number of anilines is 1. The summed E-state index contributed by atoms with van der Waals surface area (Å²) in [5.74, 6) is 0.813. The fraction of sp³-hybridized carbons (Fsp3) is 0.667. The predicted molar refractivity (Wildman–Crippen MR) is 73.7 cm³/mol. The molecule has 0 unspecified atom stereocenters. The molecule has 0 bridgehead atoms. The Bertz CT molecular complexity index is 296. The summed E-state index contributed by atoms with van der Waals surface area (Å²) in [7, 11) is -1.43. The Morgan fingerprint density at radius 2 is 1.88 bits per heavy atom. The Labute approximate surface area is 105 Å². The number of nitrogens with one attached hydrogen (secondary N) is 1. The maximum Gasteiger partial charge on any atom is 0.192 e. The van der Waals surface area contributed by atoms with E-state index in [9.17, 15) is 0 Å². The maximum atomic E-state index is 6.13. The van der Waals surface area contributed by atoms with E-state index in [1.165, 1.54) is 18.1 Å². The predicted octanol–water partition coefficient (Wildman–Crippen LogP) is 2.91. The second kappa shape index (κ2) is 7.40. The van der Waals surface area contributed by atoms with Crippen LogP contribution in [-0.2, 0) is 4.43 Å². The SMILES string of the molecule is CC[Si](CC)(CC)OCCNc1cnccn1. The van der Waals surface area contributed by atoms with Crippen LogP contribution in [0, 0.1) is 0 Å². The first-order valence-corrected chi connectivity index (χ1v) is 8.93. The molecule has 5 heteroatoms. The number of hydrogen-bond donors (Lipinski definition) is 1. The third-order valence-electron chi connectivity index (χ3n) is 3.31. The van der Waals surface area contributed by atoms with Gasteiger partial charge in [0.25, 0.3) is 0 Å². The minimum Gasteiger partial charge on any atom is -0.415 e. The summed E-state index contributed by atoms with van der Waals surface area (Å²) < 4.78 is 6.13. The molecular formula is C12H23N3OSi. The van der Waals surface area contributed by atoms with E-state index in [1.54, 1.807) is 18.6 Å². The van der Waals surface area contributed by atoms with Gasteiger partial charge in [-0.1, -0.05) is 20.8 Å². The first-order valence-electron chi connectivity index (χ1n) is 6.40. The molecule has 0 aliphatic rings. The maximum absolute atomic E-state index is 6.13. The van der Waals surface area contributed by atoms with Gasteiger partial charge in [-0.2, -0.15) is 0 Å². The van der Waals surface area contributed by atoms with Gasteiger partial charge in [0.1, 0.15) is 5.82 Å². The van der Waals surface area contributed by atoms with Gasteiger partial charge in [-0.3, -0.25) is 4.98 Å². The molecule has 1 N–H and O–H groups in total. The highest BCUT2D eigenvalue weighted by atomic mass is 28.4. The van der Waals surface area contributed by atoms with Crippen molar-refractivity contribution in [2.24, 2.45) is 0 Å². The molecule has 96 valence electrons. The van der Waals surface area contributed by atoms with Crippen molar-refractivity contribution in [3.63, 3.8) is 0 Å². The van der Waals surface area contributed by atoms with Gasteiger partial charge in [0.05, 0.1) is 12.8 Å². The summed E-state index contributed by atoms with van der Waals surface area (Å²) >= 11 is 0. The van der Waals surface area contributed by atoms with E-state index < -0.39 is 8.32 Å². The van der Waals surface area contributed by atoms with Gasteiger partial charge >= 0.3 is 0 Å². The van der Waals surface area contributed by atoms with Crippen molar-refractivity contribution < 1.29 is 4.43 Å². The minimum atomic E-state index is -1.43. The third kappa shape index (κ3) is 4.44. The normalized spacial score (nSPS) is 11.5. The minimum absolute atomic E-state index is 0.762. The number of nitrogens with zero attached hydrogens (tertiary/aromatic N) is 2. The zero-order valence-electron chi connectivity index (χ0n) is 11.1. The molecule has 0 amide bonds. The molecule has 17 heavy (non-hydrogen) atoms. The highest BCUT2D eigenvalue weighted by Gasteiger charge is 2.28. The van der Waals surface area contributed by atoms with Crippen molar-refractivity contribution >= 4 is 14.1 Å². The van der Waals surface area contributed by atoms with E-state index in [1.807, 2.05) is 0 Å². The molecule has 1 aromatic rings. The van der Waals surface area contributed by atoms with Crippen molar-refractivity contribution in [2.45, 2.75) is 38.9 Å². The Hall–Kier alpha value is -0.943. The smallest absolute Gasteiger partial charge is 0.192 e. The molecule has 1 aromatic heterocycles. The van der Waals surface area contributed by atoms with E-state index in [0.29, 0.717) is 0 Å². The first-order chi connectivity index (χ1) is 8.26. The molecule has 0 aromatic carbocycles. The van der Waals surface area contributed by atoms with Gasteiger partial charge in [-0.05, 0) is 18.1 Å². The van der Waals surface area contributed by atoms with Crippen molar-refractivity contribution in [2.75, 3.05) is 18.5 Å². The van der Waals surface area contributed by atoms with Crippen LogP contribution in [0.3, 0.4) is 0 Å². The van der Waals surface area contributed by atoms with Gasteiger partial charge in [-0.25, -0.2) is 4.98 Å². The van der Waals surface area contributed by atoms with Gasteiger partial charge < -0.3 is 9.74 Å². The lowest BCUT2D eigenvalue weighted by atomic mass is 10.6. The average molecular weight is 253 g/mol. The van der Waals surface area contributed by atoms with Crippen LogP contribution in [0.5, 0.6) is 0 Å². The number of hydrogen-bond acceptors (Lipinski definition) is 4. The second-order valence-corrected chi connectivity index (χ2v) is 8.89. The Morgan fingerprint density at radius 3 is 2.41 bits per heavy atom. The first kappa shape index (κ1) is 14.1. The van der Waals surface area contributed by atoms with Gasteiger partial charge in [0.15, 0.2) is 8.32 Å². The van der Waals surface area contributed by atoms with Gasteiger partial charge in [0, 0.05) is 18.9 Å². The molecule has 0 aliphatic heterocycles. The van der Waals surface area contributed by atoms with Crippen molar-refractivity contribution in [1.29, 1.82) is 0 Å². The van der Waals surface area contributed by atoms with E-state index in [0.717, 1.165) is 19.0 Å².